The predicted octanol–water partition coefficient (Wildman–Crippen LogP) is 7.79. The number of nitrogens with zero attached hydrogens (tertiary/aromatic N) is 4. The summed E-state index contributed by atoms with van der Waals surface area (Å²) in [6.07, 6.45) is -3.01. The van der Waals surface area contributed by atoms with Crippen molar-refractivity contribution in [2.75, 3.05) is 6.61 Å². The summed E-state index contributed by atoms with van der Waals surface area (Å²) in [6.45, 7) is 1.13. The molecule has 40 heavy (non-hydrogen) atoms. The number of hydrogen-bond donors (Lipinski definition) is 0. The van der Waals surface area contributed by atoms with Crippen molar-refractivity contribution in [2.45, 2.75) is 42.6 Å². The maximum Gasteiger partial charge on any atom is 0.419 e. The maximum atomic E-state index is 14.7. The molecule has 1 aliphatic heterocycles. The van der Waals surface area contributed by atoms with Crippen LogP contribution in [0.4, 0.5) is 17.6 Å². The molecule has 10 heteroatoms. The number of benzene rings is 3. The van der Waals surface area contributed by atoms with E-state index in [1.807, 2.05) is 65.2 Å². The van der Waals surface area contributed by atoms with E-state index in [4.69, 9.17) is 9.72 Å². The van der Waals surface area contributed by atoms with Crippen LogP contribution in [0.1, 0.15) is 24.0 Å². The van der Waals surface area contributed by atoms with Gasteiger partial charge in [-0.2, -0.15) is 13.2 Å². The van der Waals surface area contributed by atoms with Gasteiger partial charge in [-0.05, 0) is 36.6 Å². The van der Waals surface area contributed by atoms with E-state index in [2.05, 4.69) is 10.2 Å². The smallest absolute Gasteiger partial charge is 0.376 e. The fourth-order valence-electron chi connectivity index (χ4n) is 4.92. The molecule has 3 aromatic carbocycles. The van der Waals surface area contributed by atoms with Gasteiger partial charge in [-0.25, -0.2) is 9.37 Å². The Labute approximate surface area is 232 Å². The molecule has 6 rings (SSSR count). The summed E-state index contributed by atoms with van der Waals surface area (Å²) in [4.78, 5) is 4.86. The first-order valence-electron chi connectivity index (χ1n) is 12.9. The zero-order valence-corrected chi connectivity index (χ0v) is 22.1. The van der Waals surface area contributed by atoms with Crippen molar-refractivity contribution in [2.24, 2.45) is 0 Å². The van der Waals surface area contributed by atoms with Crippen LogP contribution in [-0.2, 0) is 23.2 Å². The maximum absolute atomic E-state index is 14.7. The zero-order chi connectivity index (χ0) is 27.7. The molecule has 3 heterocycles. The number of hydrogen-bond acceptors (Lipinski definition) is 5. The standard InChI is InChI=1S/C30H24F4N4OS/c31-27-20(10-6-13-24(27)30(32,33)34)18-40-29-37-36-28(38(29)17-21-11-7-15-39-21)23-16-26(19-8-2-1-3-9-19)35-25-14-5-4-12-22(23)25/h1-6,8-10,12-14,16,21H,7,11,15,17-18H2/t21-/m0/s1. The second kappa shape index (κ2) is 11.0. The van der Waals surface area contributed by atoms with E-state index < -0.39 is 17.6 Å². The summed E-state index contributed by atoms with van der Waals surface area (Å²) >= 11 is 1.15. The Hall–Kier alpha value is -3.76. The van der Waals surface area contributed by atoms with Gasteiger partial charge in [0.05, 0.1) is 29.4 Å². The van der Waals surface area contributed by atoms with Crippen molar-refractivity contribution in [1.29, 1.82) is 0 Å². The summed E-state index contributed by atoms with van der Waals surface area (Å²) in [5.41, 5.74) is 2.03. The highest BCUT2D eigenvalue weighted by atomic mass is 32.2. The largest absolute Gasteiger partial charge is 0.419 e. The molecule has 0 spiro atoms. The molecule has 1 fully saturated rings. The van der Waals surface area contributed by atoms with E-state index in [0.717, 1.165) is 58.4 Å². The van der Waals surface area contributed by atoms with Crippen molar-refractivity contribution in [3.63, 3.8) is 0 Å². The molecule has 0 aliphatic carbocycles. The number of halogens is 4. The molecular formula is C30H24F4N4OS. The fraction of sp³-hybridized carbons (Fsp3) is 0.233. The van der Waals surface area contributed by atoms with E-state index in [-0.39, 0.29) is 17.4 Å². The third kappa shape index (κ3) is 5.33. The molecule has 204 valence electrons. The number of thioether (sulfide) groups is 1. The SMILES string of the molecule is Fc1c(CSc2nnc(-c3cc(-c4ccccc4)nc4ccccc34)n2C[C@@H]2CCCO2)cccc1C(F)(F)F. The molecule has 0 amide bonds. The number of fused-ring (bicyclic) bond motifs is 1. The van der Waals surface area contributed by atoms with E-state index in [1.54, 1.807) is 0 Å². The van der Waals surface area contributed by atoms with E-state index in [1.165, 1.54) is 12.1 Å². The Morgan fingerprint density at radius 3 is 2.52 bits per heavy atom. The van der Waals surface area contributed by atoms with Crippen LogP contribution in [0.3, 0.4) is 0 Å². The fourth-order valence-corrected chi connectivity index (χ4v) is 5.84. The predicted molar refractivity (Wildman–Crippen MR) is 146 cm³/mol. The van der Waals surface area contributed by atoms with E-state index in [0.29, 0.717) is 24.1 Å². The number of ether oxygens (including phenoxy) is 1. The van der Waals surface area contributed by atoms with Crippen LogP contribution in [0.25, 0.3) is 33.5 Å². The summed E-state index contributed by atoms with van der Waals surface area (Å²) in [6, 6.07) is 22.9. The first-order chi connectivity index (χ1) is 19.4. The van der Waals surface area contributed by atoms with Gasteiger partial charge in [0.25, 0.3) is 0 Å². The Morgan fingerprint density at radius 1 is 0.950 bits per heavy atom. The lowest BCUT2D eigenvalue weighted by atomic mass is 10.0. The second-order valence-corrected chi connectivity index (χ2v) is 10.5. The van der Waals surface area contributed by atoms with Crippen LogP contribution in [0.2, 0.25) is 0 Å². The average molecular weight is 565 g/mol. The Bertz CT molecular complexity index is 1650. The first-order valence-corrected chi connectivity index (χ1v) is 13.8. The van der Waals surface area contributed by atoms with Gasteiger partial charge in [0, 0.05) is 28.9 Å². The molecule has 0 saturated carbocycles. The van der Waals surface area contributed by atoms with Crippen LogP contribution in [0.15, 0.2) is 84.0 Å². The van der Waals surface area contributed by atoms with Crippen LogP contribution < -0.4 is 0 Å². The zero-order valence-electron chi connectivity index (χ0n) is 21.2. The lowest BCUT2D eigenvalue weighted by molar-refractivity contribution is -0.140. The molecular weight excluding hydrogens is 540 g/mol. The van der Waals surface area contributed by atoms with Crippen molar-refractivity contribution in [3.8, 4) is 22.6 Å². The number of pyridine rings is 1. The first kappa shape index (κ1) is 26.5. The van der Waals surface area contributed by atoms with Crippen molar-refractivity contribution >= 4 is 22.7 Å². The number of aromatic nitrogens is 4. The van der Waals surface area contributed by atoms with Gasteiger partial charge in [0.15, 0.2) is 11.0 Å². The monoisotopic (exact) mass is 564 g/mol. The highest BCUT2D eigenvalue weighted by molar-refractivity contribution is 7.98. The Morgan fingerprint density at radius 2 is 1.75 bits per heavy atom. The molecule has 0 bridgehead atoms. The average Bonchev–Trinajstić information content (AvgIpc) is 3.62. The molecule has 1 saturated heterocycles. The van der Waals surface area contributed by atoms with E-state index >= 15 is 0 Å². The van der Waals surface area contributed by atoms with Gasteiger partial charge in [-0.3, -0.25) is 4.57 Å². The minimum atomic E-state index is -4.77. The lowest BCUT2D eigenvalue weighted by Gasteiger charge is -2.16. The Balaban J connectivity index is 1.42. The topological polar surface area (TPSA) is 52.8 Å². The minimum absolute atomic E-state index is 0.0359. The Kier molecular flexibility index (Phi) is 7.29. The van der Waals surface area contributed by atoms with Gasteiger partial charge < -0.3 is 4.74 Å². The van der Waals surface area contributed by atoms with Gasteiger partial charge in [-0.1, -0.05) is 72.4 Å². The summed E-state index contributed by atoms with van der Waals surface area (Å²) in [5, 5.41) is 10.3. The number of para-hydroxylation sites is 1. The van der Waals surface area contributed by atoms with Crippen LogP contribution in [-0.4, -0.2) is 32.5 Å². The molecule has 1 atom stereocenters. The number of rotatable bonds is 7. The highest BCUT2D eigenvalue weighted by Crippen LogP contribution is 2.36. The van der Waals surface area contributed by atoms with Crippen molar-refractivity contribution in [1.82, 2.24) is 19.7 Å². The van der Waals surface area contributed by atoms with Gasteiger partial charge in [0.2, 0.25) is 0 Å². The molecule has 0 unspecified atom stereocenters. The van der Waals surface area contributed by atoms with Crippen LogP contribution in [0.5, 0.6) is 0 Å². The highest BCUT2D eigenvalue weighted by Gasteiger charge is 2.35. The summed E-state index contributed by atoms with van der Waals surface area (Å²) < 4.78 is 62.4. The normalized spacial score (nSPS) is 15.7. The molecule has 2 aromatic heterocycles. The summed E-state index contributed by atoms with van der Waals surface area (Å²) in [5.74, 6) is -0.704. The van der Waals surface area contributed by atoms with Crippen LogP contribution >= 0.6 is 11.8 Å². The van der Waals surface area contributed by atoms with Crippen LogP contribution in [0, 0.1) is 5.82 Å². The molecule has 0 N–H and O–H groups in total. The van der Waals surface area contributed by atoms with Gasteiger partial charge >= 0.3 is 6.18 Å². The van der Waals surface area contributed by atoms with E-state index in [9.17, 15) is 17.6 Å². The molecule has 5 aromatic rings. The van der Waals surface area contributed by atoms with Gasteiger partial charge in [-0.15, -0.1) is 10.2 Å². The second-order valence-electron chi connectivity index (χ2n) is 9.56. The quantitative estimate of drug-likeness (QED) is 0.149. The summed E-state index contributed by atoms with van der Waals surface area (Å²) in [7, 11) is 0. The molecule has 1 aliphatic rings. The minimum Gasteiger partial charge on any atom is -0.376 e. The van der Waals surface area contributed by atoms with Crippen molar-refractivity contribution in [3.05, 3.63) is 95.8 Å². The third-order valence-electron chi connectivity index (χ3n) is 6.89. The molecule has 0 radical (unpaired) electrons. The third-order valence-corrected chi connectivity index (χ3v) is 7.91. The number of alkyl halides is 3. The van der Waals surface area contributed by atoms with Gasteiger partial charge in [0.1, 0.15) is 5.82 Å². The lowest BCUT2D eigenvalue weighted by Crippen LogP contribution is -2.17. The molecule has 5 nitrogen and oxygen atoms in total. The van der Waals surface area contributed by atoms with Crippen molar-refractivity contribution < 1.29 is 22.3 Å².